The zero-order chi connectivity index (χ0) is 18.4. The number of fused-ring (bicyclic) bond motifs is 1. The van der Waals surface area contributed by atoms with Gasteiger partial charge in [-0.15, -0.1) is 23.1 Å². The molecule has 1 amide bonds. The van der Waals surface area contributed by atoms with Crippen molar-refractivity contribution in [3.8, 4) is 0 Å². The Labute approximate surface area is 160 Å². The quantitative estimate of drug-likeness (QED) is 0.641. The number of carbonyl (C=O) groups excluding carboxylic acids is 1. The summed E-state index contributed by atoms with van der Waals surface area (Å²) in [6.45, 7) is 2.11. The minimum atomic E-state index is -0.0802. The molecule has 2 aromatic heterocycles. The van der Waals surface area contributed by atoms with Crippen LogP contribution in [0.3, 0.4) is 0 Å². The number of hydrogen-bond donors (Lipinski definition) is 1. The SMILES string of the molecule is CCCC(NC(=O)CSCc1cc(=O)n2ccsc2n1)c1ccccc1. The van der Waals surface area contributed by atoms with Crippen molar-refractivity contribution in [3.63, 3.8) is 0 Å². The maximum absolute atomic E-state index is 12.3. The van der Waals surface area contributed by atoms with Crippen LogP contribution in [0.15, 0.2) is 52.8 Å². The molecule has 0 bridgehead atoms. The molecule has 1 atom stereocenters. The summed E-state index contributed by atoms with van der Waals surface area (Å²) < 4.78 is 1.53. The first kappa shape index (κ1) is 18.7. The van der Waals surface area contributed by atoms with Crippen molar-refractivity contribution in [1.82, 2.24) is 14.7 Å². The smallest absolute Gasteiger partial charge is 0.258 e. The number of aromatic nitrogens is 2. The average Bonchev–Trinajstić information content (AvgIpc) is 3.11. The first-order chi connectivity index (χ1) is 12.7. The molecule has 1 aromatic carbocycles. The van der Waals surface area contributed by atoms with E-state index in [9.17, 15) is 9.59 Å². The van der Waals surface area contributed by atoms with E-state index in [4.69, 9.17) is 0 Å². The molecule has 1 unspecified atom stereocenters. The van der Waals surface area contributed by atoms with E-state index in [1.165, 1.54) is 33.6 Å². The molecule has 0 aliphatic rings. The van der Waals surface area contributed by atoms with Gasteiger partial charge in [-0.3, -0.25) is 14.0 Å². The van der Waals surface area contributed by atoms with Crippen molar-refractivity contribution in [2.24, 2.45) is 0 Å². The lowest BCUT2D eigenvalue weighted by atomic mass is 10.0. The molecule has 0 saturated carbocycles. The standard InChI is InChI=1S/C19H21N3O2S2/c1-2-6-16(14-7-4-3-5-8-14)21-17(23)13-25-12-15-11-18(24)22-9-10-26-19(22)20-15/h3-5,7-11,16H,2,6,12-13H2,1H3,(H,21,23). The van der Waals surface area contributed by atoms with Crippen molar-refractivity contribution < 1.29 is 4.79 Å². The van der Waals surface area contributed by atoms with Gasteiger partial charge in [0.25, 0.3) is 5.56 Å². The molecule has 0 fully saturated rings. The van der Waals surface area contributed by atoms with Crippen LogP contribution in [0.25, 0.3) is 4.96 Å². The molecule has 0 aliphatic carbocycles. The Morgan fingerprint density at radius 3 is 2.92 bits per heavy atom. The van der Waals surface area contributed by atoms with Gasteiger partial charge in [-0.2, -0.15) is 0 Å². The second-order valence-corrected chi connectivity index (χ2v) is 7.81. The third-order valence-corrected chi connectivity index (χ3v) is 5.68. The van der Waals surface area contributed by atoms with Crippen LogP contribution in [0.1, 0.15) is 37.1 Å². The van der Waals surface area contributed by atoms with E-state index in [0.29, 0.717) is 22.2 Å². The maximum Gasteiger partial charge on any atom is 0.258 e. The Kier molecular flexibility index (Phi) is 6.46. The van der Waals surface area contributed by atoms with Gasteiger partial charge in [0.05, 0.1) is 17.5 Å². The molecule has 3 rings (SSSR count). The molecule has 26 heavy (non-hydrogen) atoms. The van der Waals surface area contributed by atoms with Crippen molar-refractivity contribution in [3.05, 3.63) is 69.6 Å². The number of nitrogens with one attached hydrogen (secondary N) is 1. The molecule has 1 N–H and O–H groups in total. The van der Waals surface area contributed by atoms with Crippen LogP contribution in [-0.2, 0) is 10.5 Å². The fraction of sp³-hybridized carbons (Fsp3) is 0.316. The van der Waals surface area contributed by atoms with Crippen LogP contribution in [0, 0.1) is 0 Å². The third kappa shape index (κ3) is 4.74. The lowest BCUT2D eigenvalue weighted by Crippen LogP contribution is -2.30. The van der Waals surface area contributed by atoms with E-state index in [2.05, 4.69) is 17.2 Å². The number of thiazole rings is 1. The molecule has 0 radical (unpaired) electrons. The highest BCUT2D eigenvalue weighted by atomic mass is 32.2. The average molecular weight is 388 g/mol. The highest BCUT2D eigenvalue weighted by Crippen LogP contribution is 2.19. The first-order valence-electron chi connectivity index (χ1n) is 8.55. The minimum Gasteiger partial charge on any atom is -0.349 e. The summed E-state index contributed by atoms with van der Waals surface area (Å²) in [6.07, 6.45) is 3.63. The van der Waals surface area contributed by atoms with Gasteiger partial charge in [-0.25, -0.2) is 4.98 Å². The highest BCUT2D eigenvalue weighted by Gasteiger charge is 2.13. The summed E-state index contributed by atoms with van der Waals surface area (Å²) >= 11 is 2.90. The largest absolute Gasteiger partial charge is 0.349 e. The highest BCUT2D eigenvalue weighted by molar-refractivity contribution is 7.99. The second kappa shape index (κ2) is 9.00. The molecular formula is C19H21N3O2S2. The first-order valence-corrected chi connectivity index (χ1v) is 10.6. The summed E-state index contributed by atoms with van der Waals surface area (Å²) in [5.74, 6) is 0.894. The number of thioether (sulfide) groups is 1. The summed E-state index contributed by atoms with van der Waals surface area (Å²) in [4.78, 5) is 29.4. The van der Waals surface area contributed by atoms with E-state index in [-0.39, 0.29) is 17.5 Å². The van der Waals surface area contributed by atoms with Gasteiger partial charge in [0.1, 0.15) is 0 Å². The lowest BCUT2D eigenvalue weighted by molar-refractivity contribution is -0.119. The second-order valence-electron chi connectivity index (χ2n) is 5.95. The normalized spacial score (nSPS) is 12.2. The Balaban J connectivity index is 1.55. The molecule has 136 valence electrons. The predicted octanol–water partition coefficient (Wildman–Crippen LogP) is 3.65. The van der Waals surface area contributed by atoms with E-state index >= 15 is 0 Å². The zero-order valence-electron chi connectivity index (χ0n) is 14.6. The fourth-order valence-electron chi connectivity index (χ4n) is 2.74. The molecule has 3 aromatic rings. The molecule has 0 saturated heterocycles. The third-order valence-electron chi connectivity index (χ3n) is 3.95. The number of hydrogen-bond acceptors (Lipinski definition) is 5. The molecular weight excluding hydrogens is 366 g/mol. The van der Waals surface area contributed by atoms with Crippen LogP contribution in [0.5, 0.6) is 0 Å². The van der Waals surface area contributed by atoms with Crippen molar-refractivity contribution in [2.45, 2.75) is 31.6 Å². The minimum absolute atomic E-state index is 0.00577. The van der Waals surface area contributed by atoms with Crippen LogP contribution in [0.2, 0.25) is 0 Å². The van der Waals surface area contributed by atoms with Crippen LogP contribution >= 0.6 is 23.1 Å². The summed E-state index contributed by atoms with van der Waals surface area (Å²) in [7, 11) is 0. The van der Waals surface area contributed by atoms with E-state index < -0.39 is 0 Å². The predicted molar refractivity (Wildman–Crippen MR) is 108 cm³/mol. The maximum atomic E-state index is 12.3. The Hall–Kier alpha value is -2.12. The van der Waals surface area contributed by atoms with Crippen LogP contribution < -0.4 is 10.9 Å². The number of nitrogens with zero attached hydrogens (tertiary/aromatic N) is 2. The van der Waals surface area contributed by atoms with Gasteiger partial charge in [0.15, 0.2) is 4.96 Å². The van der Waals surface area contributed by atoms with Crippen LogP contribution in [0.4, 0.5) is 0 Å². The van der Waals surface area contributed by atoms with E-state index in [1.807, 2.05) is 35.7 Å². The summed E-state index contributed by atoms with van der Waals surface area (Å²) in [5, 5.41) is 4.95. The Morgan fingerprint density at radius 1 is 1.35 bits per heavy atom. The monoisotopic (exact) mass is 387 g/mol. The van der Waals surface area contributed by atoms with Crippen molar-refractivity contribution in [1.29, 1.82) is 0 Å². The van der Waals surface area contributed by atoms with Gasteiger partial charge in [0.2, 0.25) is 5.91 Å². The Morgan fingerprint density at radius 2 is 2.15 bits per heavy atom. The molecule has 0 spiro atoms. The van der Waals surface area contributed by atoms with Gasteiger partial charge in [-0.05, 0) is 12.0 Å². The number of carbonyl (C=O) groups is 1. The van der Waals surface area contributed by atoms with Crippen molar-refractivity contribution >= 4 is 34.0 Å². The number of amides is 1. The molecule has 0 aliphatic heterocycles. The van der Waals surface area contributed by atoms with Gasteiger partial charge in [0, 0.05) is 23.4 Å². The van der Waals surface area contributed by atoms with Gasteiger partial charge < -0.3 is 5.32 Å². The topological polar surface area (TPSA) is 63.5 Å². The summed E-state index contributed by atoms with van der Waals surface area (Å²) in [6, 6.07) is 11.6. The van der Waals surface area contributed by atoms with E-state index in [1.54, 1.807) is 6.20 Å². The van der Waals surface area contributed by atoms with Crippen molar-refractivity contribution in [2.75, 3.05) is 5.75 Å². The number of benzene rings is 1. The summed E-state index contributed by atoms with van der Waals surface area (Å²) in [5.41, 5.74) is 1.76. The molecule has 7 heteroatoms. The van der Waals surface area contributed by atoms with Gasteiger partial charge >= 0.3 is 0 Å². The number of rotatable bonds is 8. The van der Waals surface area contributed by atoms with Gasteiger partial charge in [-0.1, -0.05) is 43.7 Å². The zero-order valence-corrected chi connectivity index (χ0v) is 16.2. The molecule has 2 heterocycles. The fourth-order valence-corrected chi connectivity index (χ4v) is 4.21. The lowest BCUT2D eigenvalue weighted by Gasteiger charge is -2.18. The molecule has 5 nitrogen and oxygen atoms in total. The van der Waals surface area contributed by atoms with E-state index in [0.717, 1.165) is 18.4 Å². The Bertz CT molecular complexity index is 921. The van der Waals surface area contributed by atoms with Crippen LogP contribution in [-0.4, -0.2) is 21.0 Å².